The Morgan fingerprint density at radius 1 is 1.29 bits per heavy atom. The van der Waals surface area contributed by atoms with Crippen molar-refractivity contribution in [2.45, 2.75) is 6.92 Å². The van der Waals surface area contributed by atoms with E-state index in [1.165, 1.54) is 0 Å². The van der Waals surface area contributed by atoms with Crippen molar-refractivity contribution in [3.05, 3.63) is 28.5 Å². The Hall–Kier alpha value is -1.69. The lowest BCUT2D eigenvalue weighted by Gasteiger charge is -2.06. The first-order chi connectivity index (χ1) is 8.11. The van der Waals surface area contributed by atoms with Gasteiger partial charge in [-0.3, -0.25) is 0 Å². The minimum Gasteiger partial charge on any atom is -0.481 e. The highest BCUT2D eigenvalue weighted by Gasteiger charge is 2.08. The molecule has 2 heterocycles. The standard InChI is InChI=1S/C11H11BrN4O/c1-6-9(12)10(13)16-11(15-6)7-3-4-8(17-2)14-5-7/h3-5H,1-2H3,(H2,13,15,16). The minimum absolute atomic E-state index is 0.420. The van der Waals surface area contributed by atoms with Gasteiger partial charge in [-0.1, -0.05) is 0 Å². The number of nitrogen functional groups attached to an aromatic ring is 1. The average Bonchev–Trinajstić information content (AvgIpc) is 2.35. The maximum Gasteiger partial charge on any atom is 0.212 e. The molecule has 0 bridgehead atoms. The molecule has 2 rings (SSSR count). The van der Waals surface area contributed by atoms with Crippen LogP contribution < -0.4 is 10.5 Å². The van der Waals surface area contributed by atoms with Crippen LogP contribution in [0.2, 0.25) is 0 Å². The summed E-state index contributed by atoms with van der Waals surface area (Å²) in [5.41, 5.74) is 7.37. The van der Waals surface area contributed by atoms with Gasteiger partial charge in [-0.05, 0) is 28.9 Å². The molecule has 2 aromatic rings. The fraction of sp³-hybridized carbons (Fsp3) is 0.182. The molecule has 0 amide bonds. The van der Waals surface area contributed by atoms with Crippen LogP contribution in [0.15, 0.2) is 22.8 Å². The Morgan fingerprint density at radius 2 is 2.06 bits per heavy atom. The van der Waals surface area contributed by atoms with Crippen molar-refractivity contribution in [3.63, 3.8) is 0 Å². The number of hydrogen-bond acceptors (Lipinski definition) is 5. The third kappa shape index (κ3) is 2.36. The van der Waals surface area contributed by atoms with Gasteiger partial charge in [0, 0.05) is 17.8 Å². The highest BCUT2D eigenvalue weighted by Crippen LogP contribution is 2.24. The Balaban J connectivity index is 2.45. The fourth-order valence-corrected chi connectivity index (χ4v) is 1.52. The Bertz CT molecular complexity index is 519. The van der Waals surface area contributed by atoms with Gasteiger partial charge in [-0.2, -0.15) is 0 Å². The second kappa shape index (κ2) is 4.67. The molecule has 0 unspecified atom stereocenters. The van der Waals surface area contributed by atoms with Gasteiger partial charge in [0.25, 0.3) is 0 Å². The molecule has 2 aromatic heterocycles. The first kappa shape index (κ1) is 11.8. The number of aryl methyl sites for hydroxylation is 1. The molecule has 5 nitrogen and oxygen atoms in total. The molecule has 0 saturated carbocycles. The predicted molar refractivity (Wildman–Crippen MR) is 68.7 cm³/mol. The number of rotatable bonds is 2. The first-order valence-corrected chi connectivity index (χ1v) is 5.71. The van der Waals surface area contributed by atoms with E-state index in [4.69, 9.17) is 10.5 Å². The summed E-state index contributed by atoms with van der Waals surface area (Å²) in [5.74, 6) is 1.53. The van der Waals surface area contributed by atoms with E-state index < -0.39 is 0 Å². The van der Waals surface area contributed by atoms with Crippen molar-refractivity contribution >= 4 is 21.7 Å². The van der Waals surface area contributed by atoms with E-state index in [2.05, 4.69) is 30.9 Å². The van der Waals surface area contributed by atoms with Crippen LogP contribution in [0.3, 0.4) is 0 Å². The Kier molecular flexibility index (Phi) is 3.23. The lowest BCUT2D eigenvalue weighted by atomic mass is 10.2. The molecule has 0 fully saturated rings. The van der Waals surface area contributed by atoms with E-state index in [1.54, 1.807) is 19.4 Å². The third-order valence-electron chi connectivity index (χ3n) is 2.25. The number of nitrogens with two attached hydrogens (primary N) is 1. The normalized spacial score (nSPS) is 10.3. The van der Waals surface area contributed by atoms with Crippen molar-refractivity contribution < 1.29 is 4.74 Å². The van der Waals surface area contributed by atoms with Crippen LogP contribution in [0, 0.1) is 6.92 Å². The minimum atomic E-state index is 0.420. The number of hydrogen-bond donors (Lipinski definition) is 1. The quantitative estimate of drug-likeness (QED) is 0.919. The van der Waals surface area contributed by atoms with Crippen LogP contribution in [0.5, 0.6) is 5.88 Å². The topological polar surface area (TPSA) is 73.9 Å². The number of aromatic nitrogens is 3. The van der Waals surface area contributed by atoms with Gasteiger partial charge in [0.1, 0.15) is 5.82 Å². The maximum atomic E-state index is 5.77. The smallest absolute Gasteiger partial charge is 0.212 e. The van der Waals surface area contributed by atoms with Gasteiger partial charge in [-0.25, -0.2) is 15.0 Å². The Morgan fingerprint density at radius 3 is 2.59 bits per heavy atom. The van der Waals surface area contributed by atoms with E-state index in [0.29, 0.717) is 17.5 Å². The molecule has 0 aliphatic carbocycles. The van der Waals surface area contributed by atoms with Crippen LogP contribution in [-0.4, -0.2) is 22.1 Å². The molecule has 0 saturated heterocycles. The molecule has 6 heteroatoms. The van der Waals surface area contributed by atoms with Crippen molar-refractivity contribution in [2.75, 3.05) is 12.8 Å². The Labute approximate surface area is 107 Å². The zero-order chi connectivity index (χ0) is 12.4. The highest BCUT2D eigenvalue weighted by atomic mass is 79.9. The van der Waals surface area contributed by atoms with Crippen molar-refractivity contribution in [1.82, 2.24) is 15.0 Å². The molecule has 88 valence electrons. The fourth-order valence-electron chi connectivity index (χ4n) is 1.34. The summed E-state index contributed by atoms with van der Waals surface area (Å²) in [6.45, 7) is 1.86. The average molecular weight is 295 g/mol. The highest BCUT2D eigenvalue weighted by molar-refractivity contribution is 9.10. The molecular weight excluding hydrogens is 284 g/mol. The molecule has 0 aliphatic rings. The summed E-state index contributed by atoms with van der Waals surface area (Å²) >= 11 is 3.32. The van der Waals surface area contributed by atoms with Gasteiger partial charge in [-0.15, -0.1) is 0 Å². The second-order valence-corrected chi connectivity index (χ2v) is 4.21. The number of ether oxygens (including phenoxy) is 1. The monoisotopic (exact) mass is 294 g/mol. The van der Waals surface area contributed by atoms with Gasteiger partial charge in [0.15, 0.2) is 5.82 Å². The van der Waals surface area contributed by atoms with E-state index in [1.807, 2.05) is 13.0 Å². The summed E-state index contributed by atoms with van der Waals surface area (Å²) in [5, 5.41) is 0. The third-order valence-corrected chi connectivity index (χ3v) is 3.23. The molecule has 2 N–H and O–H groups in total. The number of anilines is 1. The number of nitrogens with zero attached hydrogens (tertiary/aromatic N) is 3. The van der Waals surface area contributed by atoms with Crippen LogP contribution >= 0.6 is 15.9 Å². The number of pyridine rings is 1. The van der Waals surface area contributed by atoms with Crippen molar-refractivity contribution in [1.29, 1.82) is 0 Å². The summed E-state index contributed by atoms with van der Waals surface area (Å²) in [6, 6.07) is 3.60. The summed E-state index contributed by atoms with van der Waals surface area (Å²) in [4.78, 5) is 12.6. The van der Waals surface area contributed by atoms with E-state index in [0.717, 1.165) is 15.7 Å². The molecule has 0 spiro atoms. The van der Waals surface area contributed by atoms with E-state index in [-0.39, 0.29) is 0 Å². The van der Waals surface area contributed by atoms with Gasteiger partial charge < -0.3 is 10.5 Å². The predicted octanol–water partition coefficient (Wildman–Crippen LogP) is 2.20. The molecule has 0 atom stereocenters. The SMILES string of the molecule is COc1ccc(-c2nc(C)c(Br)c(N)n2)cn1. The summed E-state index contributed by atoms with van der Waals surface area (Å²) in [6.07, 6.45) is 1.65. The maximum absolute atomic E-state index is 5.77. The summed E-state index contributed by atoms with van der Waals surface area (Å²) in [7, 11) is 1.57. The zero-order valence-electron chi connectivity index (χ0n) is 9.44. The molecule has 0 aliphatic heterocycles. The van der Waals surface area contributed by atoms with Crippen molar-refractivity contribution in [3.8, 4) is 17.3 Å². The van der Waals surface area contributed by atoms with Crippen LogP contribution in [-0.2, 0) is 0 Å². The number of halogens is 1. The van der Waals surface area contributed by atoms with Gasteiger partial charge in [0.2, 0.25) is 5.88 Å². The van der Waals surface area contributed by atoms with E-state index in [9.17, 15) is 0 Å². The van der Waals surface area contributed by atoms with Crippen LogP contribution in [0.25, 0.3) is 11.4 Å². The summed E-state index contributed by atoms with van der Waals surface area (Å²) < 4.78 is 5.71. The van der Waals surface area contributed by atoms with Gasteiger partial charge >= 0.3 is 0 Å². The first-order valence-electron chi connectivity index (χ1n) is 4.92. The molecule has 0 radical (unpaired) electrons. The lowest BCUT2D eigenvalue weighted by Crippen LogP contribution is -2.00. The molecular formula is C11H11BrN4O. The molecule has 0 aromatic carbocycles. The molecule has 17 heavy (non-hydrogen) atoms. The van der Waals surface area contributed by atoms with Gasteiger partial charge in [0.05, 0.1) is 17.3 Å². The zero-order valence-corrected chi connectivity index (χ0v) is 11.0. The lowest BCUT2D eigenvalue weighted by molar-refractivity contribution is 0.398. The van der Waals surface area contributed by atoms with Crippen molar-refractivity contribution in [2.24, 2.45) is 0 Å². The van der Waals surface area contributed by atoms with Crippen LogP contribution in [0.4, 0.5) is 5.82 Å². The number of methoxy groups -OCH3 is 1. The van der Waals surface area contributed by atoms with Crippen LogP contribution in [0.1, 0.15) is 5.69 Å². The largest absolute Gasteiger partial charge is 0.481 e. The van der Waals surface area contributed by atoms with E-state index >= 15 is 0 Å². The second-order valence-electron chi connectivity index (χ2n) is 3.42.